The molecule has 4 aromatic rings. The predicted molar refractivity (Wildman–Crippen MR) is 115 cm³/mol. The first kappa shape index (κ1) is 18.7. The van der Waals surface area contributed by atoms with Crippen LogP contribution in [0.25, 0.3) is 21.9 Å². The van der Waals surface area contributed by atoms with Gasteiger partial charge in [0.1, 0.15) is 11.9 Å². The standard InChI is InChI=1S/C21H18ClN7/c1-12-3-4-25-9-17(12)16-5-14-6-19(26-10-18(14)21(24)20(16)22)28-15-8-27-29(11-15)13(2)7-23/h3-6,8-11,13H,24H2,1-2H3,(H,26,28)/t13-/m0/s1. The van der Waals surface area contributed by atoms with Crippen LogP contribution in [0.3, 0.4) is 0 Å². The van der Waals surface area contributed by atoms with Crippen molar-refractivity contribution >= 4 is 39.6 Å². The molecular weight excluding hydrogens is 386 g/mol. The van der Waals surface area contributed by atoms with E-state index >= 15 is 0 Å². The Morgan fingerprint density at radius 2 is 2.07 bits per heavy atom. The lowest BCUT2D eigenvalue weighted by molar-refractivity contribution is 0.591. The molecule has 0 aliphatic rings. The van der Waals surface area contributed by atoms with Crippen LogP contribution in [0.4, 0.5) is 17.2 Å². The van der Waals surface area contributed by atoms with Crippen molar-refractivity contribution in [1.29, 1.82) is 5.26 Å². The molecule has 1 aromatic carbocycles. The van der Waals surface area contributed by atoms with Gasteiger partial charge in [-0.05, 0) is 43.0 Å². The van der Waals surface area contributed by atoms with Crippen molar-refractivity contribution in [3.63, 3.8) is 0 Å². The van der Waals surface area contributed by atoms with Crippen molar-refractivity contribution in [2.24, 2.45) is 0 Å². The number of fused-ring (bicyclic) bond motifs is 1. The van der Waals surface area contributed by atoms with Crippen LogP contribution in [-0.4, -0.2) is 19.7 Å². The molecule has 8 heteroatoms. The molecule has 0 spiro atoms. The summed E-state index contributed by atoms with van der Waals surface area (Å²) in [4.78, 5) is 8.65. The molecule has 0 saturated carbocycles. The minimum absolute atomic E-state index is 0.345. The topological polar surface area (TPSA) is 105 Å². The Kier molecular flexibility index (Phi) is 4.79. The van der Waals surface area contributed by atoms with Crippen molar-refractivity contribution in [3.05, 3.63) is 59.8 Å². The van der Waals surface area contributed by atoms with Crippen molar-refractivity contribution in [3.8, 4) is 17.2 Å². The number of aromatic nitrogens is 4. The lowest BCUT2D eigenvalue weighted by atomic mass is 9.99. The monoisotopic (exact) mass is 403 g/mol. The fourth-order valence-electron chi connectivity index (χ4n) is 3.13. The highest BCUT2D eigenvalue weighted by Crippen LogP contribution is 2.39. The molecule has 0 fully saturated rings. The van der Waals surface area contributed by atoms with Gasteiger partial charge in [-0.25, -0.2) is 4.98 Å². The summed E-state index contributed by atoms with van der Waals surface area (Å²) in [5.41, 5.74) is 10.4. The SMILES string of the molecule is Cc1ccncc1-c1cc2cc(Nc3cnn([C@@H](C)C#N)c3)ncc2c(N)c1Cl. The maximum Gasteiger partial charge on any atom is 0.135 e. The molecule has 3 N–H and O–H groups in total. The number of nitrogens with two attached hydrogens (primary N) is 1. The van der Waals surface area contributed by atoms with Crippen molar-refractivity contribution in [2.45, 2.75) is 19.9 Å². The van der Waals surface area contributed by atoms with Gasteiger partial charge in [0, 0.05) is 41.3 Å². The molecular formula is C21H18ClN7. The van der Waals surface area contributed by atoms with Crippen LogP contribution in [0.5, 0.6) is 0 Å². The fraction of sp³-hybridized carbons (Fsp3) is 0.143. The minimum atomic E-state index is -0.345. The third-order valence-electron chi connectivity index (χ3n) is 4.79. The molecule has 4 rings (SSSR count). The molecule has 0 saturated heterocycles. The molecule has 0 bridgehead atoms. The van der Waals surface area contributed by atoms with Crippen LogP contribution in [0.1, 0.15) is 18.5 Å². The van der Waals surface area contributed by atoms with E-state index < -0.39 is 0 Å². The summed E-state index contributed by atoms with van der Waals surface area (Å²) in [6.45, 7) is 3.78. The highest BCUT2D eigenvalue weighted by molar-refractivity contribution is 6.37. The minimum Gasteiger partial charge on any atom is -0.397 e. The van der Waals surface area contributed by atoms with E-state index in [0.717, 1.165) is 33.2 Å². The second kappa shape index (κ2) is 7.41. The van der Waals surface area contributed by atoms with Gasteiger partial charge in [-0.2, -0.15) is 10.4 Å². The van der Waals surface area contributed by atoms with Crippen molar-refractivity contribution in [1.82, 2.24) is 19.7 Å². The average Bonchev–Trinajstić information content (AvgIpc) is 3.19. The highest BCUT2D eigenvalue weighted by atomic mass is 35.5. The summed E-state index contributed by atoms with van der Waals surface area (Å²) in [5, 5.41) is 18.6. The normalized spacial score (nSPS) is 11.9. The summed E-state index contributed by atoms with van der Waals surface area (Å²) < 4.78 is 1.59. The second-order valence-electron chi connectivity index (χ2n) is 6.77. The van der Waals surface area contributed by atoms with Crippen LogP contribution in [0.2, 0.25) is 5.02 Å². The number of halogens is 1. The van der Waals surface area contributed by atoms with Gasteiger partial charge in [-0.3, -0.25) is 9.67 Å². The molecule has 0 unspecified atom stereocenters. The van der Waals surface area contributed by atoms with E-state index in [9.17, 15) is 0 Å². The molecule has 3 heterocycles. The third kappa shape index (κ3) is 3.46. The van der Waals surface area contributed by atoms with Gasteiger partial charge in [0.2, 0.25) is 0 Å². The van der Waals surface area contributed by atoms with Crippen LogP contribution in [-0.2, 0) is 0 Å². The summed E-state index contributed by atoms with van der Waals surface area (Å²) in [7, 11) is 0. The smallest absolute Gasteiger partial charge is 0.135 e. The number of pyridine rings is 2. The molecule has 7 nitrogen and oxygen atoms in total. The van der Waals surface area contributed by atoms with E-state index in [-0.39, 0.29) is 6.04 Å². The van der Waals surface area contributed by atoms with E-state index in [4.69, 9.17) is 22.6 Å². The Labute approximate surface area is 172 Å². The largest absolute Gasteiger partial charge is 0.397 e. The van der Waals surface area contributed by atoms with Gasteiger partial charge in [0.25, 0.3) is 0 Å². The van der Waals surface area contributed by atoms with Crippen LogP contribution in [0.15, 0.2) is 49.2 Å². The number of hydrogen-bond acceptors (Lipinski definition) is 6. The zero-order chi connectivity index (χ0) is 20.5. The van der Waals surface area contributed by atoms with E-state index in [1.807, 2.05) is 25.1 Å². The van der Waals surface area contributed by atoms with Crippen molar-refractivity contribution in [2.75, 3.05) is 11.1 Å². The lowest BCUT2D eigenvalue weighted by Gasteiger charge is -2.13. The molecule has 0 aliphatic heterocycles. The van der Waals surface area contributed by atoms with E-state index in [1.54, 1.807) is 42.6 Å². The quantitative estimate of drug-likeness (QED) is 0.471. The summed E-state index contributed by atoms with van der Waals surface area (Å²) in [5.74, 6) is 0.636. The number of nitrogens with one attached hydrogen (secondary N) is 1. The lowest BCUT2D eigenvalue weighted by Crippen LogP contribution is -2.02. The number of nitriles is 1. The summed E-state index contributed by atoms with van der Waals surface area (Å²) in [6.07, 6.45) is 8.64. The number of nitrogen functional groups attached to an aromatic ring is 1. The van der Waals surface area contributed by atoms with Gasteiger partial charge in [0.15, 0.2) is 0 Å². The molecule has 0 aliphatic carbocycles. The van der Waals surface area contributed by atoms with Gasteiger partial charge >= 0.3 is 0 Å². The van der Waals surface area contributed by atoms with Crippen LogP contribution >= 0.6 is 11.6 Å². The summed E-state index contributed by atoms with van der Waals surface area (Å²) >= 11 is 6.56. The molecule has 144 valence electrons. The molecule has 29 heavy (non-hydrogen) atoms. The third-order valence-corrected chi connectivity index (χ3v) is 5.19. The molecule has 3 aromatic heterocycles. The van der Waals surface area contributed by atoms with E-state index in [2.05, 4.69) is 26.5 Å². The van der Waals surface area contributed by atoms with Crippen molar-refractivity contribution < 1.29 is 0 Å². The first-order valence-corrected chi connectivity index (χ1v) is 9.35. The van der Waals surface area contributed by atoms with Gasteiger partial charge in [0.05, 0.1) is 28.7 Å². The van der Waals surface area contributed by atoms with Gasteiger partial charge < -0.3 is 11.1 Å². The number of nitrogens with zero attached hydrogens (tertiary/aromatic N) is 5. The Morgan fingerprint density at radius 1 is 1.24 bits per heavy atom. The van der Waals surface area contributed by atoms with E-state index in [1.165, 1.54) is 0 Å². The zero-order valence-electron chi connectivity index (χ0n) is 15.9. The highest BCUT2D eigenvalue weighted by Gasteiger charge is 2.14. The number of benzene rings is 1. The Bertz CT molecular complexity index is 1260. The molecule has 0 amide bonds. The number of hydrogen-bond donors (Lipinski definition) is 2. The number of rotatable bonds is 4. The molecule has 0 radical (unpaired) electrons. The second-order valence-corrected chi connectivity index (χ2v) is 7.15. The fourth-order valence-corrected chi connectivity index (χ4v) is 3.39. The first-order chi connectivity index (χ1) is 14.0. The van der Waals surface area contributed by atoms with Crippen LogP contribution < -0.4 is 11.1 Å². The zero-order valence-corrected chi connectivity index (χ0v) is 16.6. The van der Waals surface area contributed by atoms with Crippen LogP contribution in [0, 0.1) is 18.3 Å². The van der Waals surface area contributed by atoms with Gasteiger partial charge in [-0.1, -0.05) is 11.6 Å². The Morgan fingerprint density at radius 3 is 2.83 bits per heavy atom. The predicted octanol–water partition coefficient (Wildman–Crippen LogP) is 4.87. The van der Waals surface area contributed by atoms with E-state index in [0.29, 0.717) is 16.5 Å². The first-order valence-electron chi connectivity index (χ1n) is 8.97. The maximum absolute atomic E-state index is 9.02. The Balaban J connectivity index is 1.75. The Hall–Kier alpha value is -3.63. The molecule has 1 atom stereocenters. The maximum atomic E-state index is 9.02. The van der Waals surface area contributed by atoms with Gasteiger partial charge in [-0.15, -0.1) is 0 Å². The number of aryl methyl sites for hydroxylation is 1. The summed E-state index contributed by atoms with van der Waals surface area (Å²) in [6, 6.07) is 7.63. The number of anilines is 3. The average molecular weight is 404 g/mol.